The number of methoxy groups -OCH3 is 1. The van der Waals surface area contributed by atoms with E-state index in [0.29, 0.717) is 0 Å². The molecule has 2 aromatic rings. The first-order valence-corrected chi connectivity index (χ1v) is 6.76. The third-order valence-corrected chi connectivity index (χ3v) is 3.22. The molecule has 0 fully saturated rings. The molecule has 0 aliphatic rings. The highest BCUT2D eigenvalue weighted by atomic mass is 19.3. The third kappa shape index (κ3) is 3.37. The molecular weight excluding hydrogens is 325 g/mol. The van der Waals surface area contributed by atoms with Gasteiger partial charge in [-0.15, -0.1) is 0 Å². The number of nitrogens with zero attached hydrogens (tertiary/aromatic N) is 1. The quantitative estimate of drug-likeness (QED) is 0.870. The largest absolute Gasteiger partial charge is 0.465 e. The molecule has 126 valence electrons. The number of nitrogens with one attached hydrogen (secondary N) is 1. The number of pyridine rings is 1. The number of esters is 1. The summed E-state index contributed by atoms with van der Waals surface area (Å²) in [5.74, 6) is -7.48. The number of anilines is 1. The highest BCUT2D eigenvalue weighted by Crippen LogP contribution is 2.30. The molecule has 0 bridgehead atoms. The topological polar surface area (TPSA) is 68.3 Å². The van der Waals surface area contributed by atoms with Gasteiger partial charge in [-0.25, -0.2) is 9.18 Å². The van der Waals surface area contributed by atoms with Gasteiger partial charge in [0.05, 0.1) is 12.7 Å². The lowest BCUT2D eigenvalue weighted by atomic mass is 10.1. The molecule has 0 unspecified atom stereocenters. The highest BCUT2D eigenvalue weighted by molar-refractivity contribution is 5.97. The highest BCUT2D eigenvalue weighted by Gasteiger charge is 2.43. The van der Waals surface area contributed by atoms with Gasteiger partial charge in [-0.05, 0) is 36.8 Å². The van der Waals surface area contributed by atoms with Crippen LogP contribution in [0.5, 0.6) is 0 Å². The molecular formula is C16H13F3N2O3. The van der Waals surface area contributed by atoms with Gasteiger partial charge in [-0.2, -0.15) is 8.78 Å². The van der Waals surface area contributed by atoms with Crippen LogP contribution in [0, 0.1) is 12.7 Å². The van der Waals surface area contributed by atoms with Crippen molar-refractivity contribution in [3.05, 3.63) is 59.2 Å². The number of carbonyl (C=O) groups is 2. The maximum absolute atomic E-state index is 14.2. The van der Waals surface area contributed by atoms with Gasteiger partial charge < -0.3 is 10.1 Å². The standard InChI is InChI=1S/C16H13F3N2O3/c1-9-4-3-7-20-13(9)16(18,19)15(23)21-10-5-6-11(12(17)8-10)14(22)24-2/h3-8H,1-2H3,(H,21,23). The fraction of sp³-hybridized carbons (Fsp3) is 0.188. The summed E-state index contributed by atoms with van der Waals surface area (Å²) in [7, 11) is 1.08. The normalized spacial score (nSPS) is 11.0. The lowest BCUT2D eigenvalue weighted by Crippen LogP contribution is -2.33. The fourth-order valence-electron chi connectivity index (χ4n) is 2.00. The number of halogens is 3. The molecule has 0 saturated carbocycles. The molecule has 0 aliphatic heterocycles. The zero-order valence-corrected chi connectivity index (χ0v) is 12.8. The molecule has 0 spiro atoms. The Morgan fingerprint density at radius 2 is 1.96 bits per heavy atom. The Hall–Kier alpha value is -2.90. The number of hydrogen-bond acceptors (Lipinski definition) is 4. The summed E-state index contributed by atoms with van der Waals surface area (Å²) in [5, 5.41) is 1.91. The molecule has 1 amide bonds. The molecule has 2 rings (SSSR count). The van der Waals surface area contributed by atoms with Gasteiger partial charge in [0.2, 0.25) is 0 Å². The lowest BCUT2D eigenvalue weighted by Gasteiger charge is -2.17. The van der Waals surface area contributed by atoms with Crippen LogP contribution < -0.4 is 5.32 Å². The van der Waals surface area contributed by atoms with Crippen molar-refractivity contribution in [2.45, 2.75) is 12.8 Å². The first-order chi connectivity index (χ1) is 11.3. The number of carbonyl (C=O) groups excluding carboxylic acids is 2. The minimum absolute atomic E-state index is 0.143. The number of aryl methyl sites for hydroxylation is 1. The molecule has 0 atom stereocenters. The van der Waals surface area contributed by atoms with Crippen LogP contribution >= 0.6 is 0 Å². The second-order valence-electron chi connectivity index (χ2n) is 4.88. The summed E-state index contributed by atoms with van der Waals surface area (Å²) in [6, 6.07) is 5.77. The average Bonchev–Trinajstić information content (AvgIpc) is 2.54. The van der Waals surface area contributed by atoms with E-state index in [2.05, 4.69) is 9.72 Å². The Labute approximate surface area is 135 Å². The molecule has 24 heavy (non-hydrogen) atoms. The number of alkyl halides is 2. The predicted molar refractivity (Wildman–Crippen MR) is 79.2 cm³/mol. The Balaban J connectivity index is 2.25. The van der Waals surface area contributed by atoms with Gasteiger partial charge in [-0.1, -0.05) is 6.07 Å². The molecule has 1 aromatic heterocycles. The van der Waals surface area contributed by atoms with Crippen LogP contribution in [-0.2, 0) is 15.5 Å². The number of aromatic nitrogens is 1. The van der Waals surface area contributed by atoms with Crippen molar-refractivity contribution < 1.29 is 27.5 Å². The summed E-state index contributed by atoms with van der Waals surface area (Å²) in [6.45, 7) is 1.40. The van der Waals surface area contributed by atoms with Crippen LogP contribution in [0.25, 0.3) is 0 Å². The van der Waals surface area contributed by atoms with E-state index in [1.165, 1.54) is 19.1 Å². The number of hydrogen-bond donors (Lipinski definition) is 1. The predicted octanol–water partition coefficient (Wildman–Crippen LogP) is 3.05. The van der Waals surface area contributed by atoms with Crippen LogP contribution in [0.1, 0.15) is 21.6 Å². The van der Waals surface area contributed by atoms with Gasteiger partial charge in [0.25, 0.3) is 0 Å². The smallest absolute Gasteiger partial charge is 0.366 e. The molecule has 8 heteroatoms. The van der Waals surface area contributed by atoms with Crippen LogP contribution in [0.4, 0.5) is 18.9 Å². The van der Waals surface area contributed by atoms with Crippen molar-refractivity contribution in [3.63, 3.8) is 0 Å². The average molecular weight is 338 g/mol. The van der Waals surface area contributed by atoms with E-state index in [-0.39, 0.29) is 16.8 Å². The van der Waals surface area contributed by atoms with E-state index in [1.807, 2.05) is 5.32 Å². The summed E-state index contributed by atoms with van der Waals surface area (Å²) in [5.41, 5.74) is -1.14. The summed E-state index contributed by atoms with van der Waals surface area (Å²) in [6.07, 6.45) is 1.15. The fourth-order valence-corrected chi connectivity index (χ4v) is 2.00. The lowest BCUT2D eigenvalue weighted by molar-refractivity contribution is -0.141. The monoisotopic (exact) mass is 338 g/mol. The van der Waals surface area contributed by atoms with E-state index in [0.717, 1.165) is 31.5 Å². The molecule has 0 radical (unpaired) electrons. The van der Waals surface area contributed by atoms with Crippen molar-refractivity contribution >= 4 is 17.6 Å². The molecule has 1 heterocycles. The summed E-state index contributed by atoms with van der Waals surface area (Å²) in [4.78, 5) is 26.7. The van der Waals surface area contributed by atoms with Gasteiger partial charge in [0.1, 0.15) is 11.5 Å². The first-order valence-electron chi connectivity index (χ1n) is 6.76. The van der Waals surface area contributed by atoms with Crippen molar-refractivity contribution in [2.75, 3.05) is 12.4 Å². The summed E-state index contributed by atoms with van der Waals surface area (Å²) < 4.78 is 46.6. The molecule has 1 aromatic carbocycles. The van der Waals surface area contributed by atoms with Crippen molar-refractivity contribution in [2.24, 2.45) is 0 Å². The van der Waals surface area contributed by atoms with E-state index < -0.39 is 29.3 Å². The van der Waals surface area contributed by atoms with Crippen molar-refractivity contribution in [3.8, 4) is 0 Å². The molecule has 0 saturated heterocycles. The van der Waals surface area contributed by atoms with Crippen LogP contribution in [0.15, 0.2) is 36.5 Å². The van der Waals surface area contributed by atoms with Crippen LogP contribution in [0.2, 0.25) is 0 Å². The van der Waals surface area contributed by atoms with Crippen molar-refractivity contribution in [1.82, 2.24) is 4.98 Å². The van der Waals surface area contributed by atoms with Crippen molar-refractivity contribution in [1.29, 1.82) is 0 Å². The van der Waals surface area contributed by atoms with E-state index in [9.17, 15) is 22.8 Å². The van der Waals surface area contributed by atoms with Crippen LogP contribution in [0.3, 0.4) is 0 Å². The molecule has 1 N–H and O–H groups in total. The minimum atomic E-state index is -3.90. The Kier molecular flexibility index (Phi) is 4.87. The molecule has 0 aliphatic carbocycles. The van der Waals surface area contributed by atoms with Gasteiger partial charge in [-0.3, -0.25) is 9.78 Å². The van der Waals surface area contributed by atoms with Gasteiger partial charge in [0, 0.05) is 11.9 Å². The Morgan fingerprint density at radius 3 is 2.54 bits per heavy atom. The molecule has 5 nitrogen and oxygen atoms in total. The van der Waals surface area contributed by atoms with Crippen LogP contribution in [-0.4, -0.2) is 24.0 Å². The zero-order valence-electron chi connectivity index (χ0n) is 12.8. The number of amides is 1. The van der Waals surface area contributed by atoms with Gasteiger partial charge >= 0.3 is 17.8 Å². The summed E-state index contributed by atoms with van der Waals surface area (Å²) >= 11 is 0. The second-order valence-corrected chi connectivity index (χ2v) is 4.88. The van der Waals surface area contributed by atoms with E-state index in [1.54, 1.807) is 0 Å². The number of benzene rings is 1. The first kappa shape index (κ1) is 17.5. The van der Waals surface area contributed by atoms with E-state index >= 15 is 0 Å². The number of ether oxygens (including phenoxy) is 1. The van der Waals surface area contributed by atoms with E-state index in [4.69, 9.17) is 0 Å². The third-order valence-electron chi connectivity index (χ3n) is 3.22. The maximum atomic E-state index is 14.2. The second kappa shape index (κ2) is 6.69. The Morgan fingerprint density at radius 1 is 1.25 bits per heavy atom. The number of rotatable bonds is 4. The zero-order chi connectivity index (χ0) is 17.9. The van der Waals surface area contributed by atoms with Gasteiger partial charge in [0.15, 0.2) is 0 Å². The SMILES string of the molecule is COC(=O)c1ccc(NC(=O)C(F)(F)c2ncccc2C)cc1F. The maximum Gasteiger partial charge on any atom is 0.366 e. The Bertz CT molecular complexity index is 794. The minimum Gasteiger partial charge on any atom is -0.465 e.